The Kier molecular flexibility index (Phi) is 12.8. The smallest absolute Gasteiger partial charge is 0.264 e. The van der Waals surface area contributed by atoms with Gasteiger partial charge in [-0.15, -0.1) is 0 Å². The summed E-state index contributed by atoms with van der Waals surface area (Å²) >= 11 is 6.09. The number of amides is 2. The summed E-state index contributed by atoms with van der Waals surface area (Å²) in [5.41, 5.74) is 2.88. The number of nitrogens with one attached hydrogen (secondary N) is 1. The molecule has 2 amide bonds. The van der Waals surface area contributed by atoms with Gasteiger partial charge in [0.2, 0.25) is 11.8 Å². The minimum atomic E-state index is -4.30. The Bertz CT molecular complexity index is 1730. The maximum absolute atomic E-state index is 14.7. The SMILES string of the molecule is CCCCNC(=O)[C@H](Cc1ccccc1)N(Cc1ccccc1C)C(=O)CN(c1ccccc1OCC)S(=O)(=O)c1ccc(Cl)cc1. The van der Waals surface area contributed by atoms with E-state index in [1.807, 2.05) is 68.4 Å². The van der Waals surface area contributed by atoms with E-state index in [-0.39, 0.29) is 36.1 Å². The average Bonchev–Trinajstić information content (AvgIpc) is 3.07. The predicted octanol–water partition coefficient (Wildman–Crippen LogP) is 6.80. The van der Waals surface area contributed by atoms with Gasteiger partial charge in [0.05, 0.1) is 17.2 Å². The van der Waals surface area contributed by atoms with Crippen molar-refractivity contribution in [3.05, 3.63) is 125 Å². The molecular formula is C37H42ClN3O5S. The number of carbonyl (C=O) groups is 2. The molecule has 0 bridgehead atoms. The van der Waals surface area contributed by atoms with Crippen molar-refractivity contribution < 1.29 is 22.7 Å². The van der Waals surface area contributed by atoms with Gasteiger partial charge >= 0.3 is 0 Å². The fourth-order valence-corrected chi connectivity index (χ4v) is 6.77. The number of carbonyl (C=O) groups excluding carboxylic acids is 2. The van der Waals surface area contributed by atoms with Crippen molar-refractivity contribution in [2.45, 2.75) is 57.5 Å². The third-order valence-electron chi connectivity index (χ3n) is 7.82. The number of anilines is 1. The van der Waals surface area contributed by atoms with Crippen LogP contribution in [-0.4, -0.2) is 50.9 Å². The second kappa shape index (κ2) is 17.0. The van der Waals surface area contributed by atoms with E-state index in [4.69, 9.17) is 16.3 Å². The number of sulfonamides is 1. The number of rotatable bonds is 16. The number of aryl methyl sites for hydroxylation is 1. The molecule has 4 aromatic rings. The molecule has 0 aliphatic rings. The maximum atomic E-state index is 14.7. The van der Waals surface area contributed by atoms with Crippen molar-refractivity contribution >= 4 is 39.1 Å². The molecular weight excluding hydrogens is 634 g/mol. The summed E-state index contributed by atoms with van der Waals surface area (Å²) in [7, 11) is -4.30. The molecule has 8 nitrogen and oxygen atoms in total. The summed E-state index contributed by atoms with van der Waals surface area (Å²) in [5, 5.41) is 3.39. The van der Waals surface area contributed by atoms with Gasteiger partial charge in [-0.2, -0.15) is 0 Å². The maximum Gasteiger partial charge on any atom is 0.264 e. The number of benzene rings is 4. The Morgan fingerprint density at radius 3 is 2.21 bits per heavy atom. The fourth-order valence-electron chi connectivity index (χ4n) is 5.22. The molecule has 0 radical (unpaired) electrons. The van der Waals surface area contributed by atoms with Crippen molar-refractivity contribution in [2.75, 3.05) is 24.0 Å². The number of hydrogen-bond acceptors (Lipinski definition) is 5. The van der Waals surface area contributed by atoms with Crippen LogP contribution in [0.4, 0.5) is 5.69 Å². The quantitative estimate of drug-likeness (QED) is 0.132. The van der Waals surface area contributed by atoms with Gasteiger partial charge in [-0.3, -0.25) is 13.9 Å². The van der Waals surface area contributed by atoms with Crippen molar-refractivity contribution in [1.29, 1.82) is 0 Å². The Labute approximate surface area is 283 Å². The van der Waals surface area contributed by atoms with E-state index in [0.717, 1.165) is 33.8 Å². The van der Waals surface area contributed by atoms with Crippen LogP contribution in [0.3, 0.4) is 0 Å². The molecule has 0 saturated carbocycles. The molecule has 0 fully saturated rings. The molecule has 4 aromatic carbocycles. The molecule has 0 unspecified atom stereocenters. The van der Waals surface area contributed by atoms with E-state index in [1.165, 1.54) is 29.2 Å². The zero-order chi connectivity index (χ0) is 33.8. The van der Waals surface area contributed by atoms with Crippen LogP contribution in [0.1, 0.15) is 43.4 Å². The summed E-state index contributed by atoms with van der Waals surface area (Å²) in [5.74, 6) is -0.529. The lowest BCUT2D eigenvalue weighted by Crippen LogP contribution is -2.53. The molecule has 0 heterocycles. The summed E-state index contributed by atoms with van der Waals surface area (Å²) in [4.78, 5) is 30.1. The van der Waals surface area contributed by atoms with Crippen LogP contribution in [0.15, 0.2) is 108 Å². The van der Waals surface area contributed by atoms with Crippen LogP contribution in [0.25, 0.3) is 0 Å². The third-order valence-corrected chi connectivity index (χ3v) is 9.84. The van der Waals surface area contributed by atoms with Gasteiger partial charge in [0, 0.05) is 24.5 Å². The average molecular weight is 676 g/mol. The van der Waals surface area contributed by atoms with E-state index in [1.54, 1.807) is 31.2 Å². The van der Waals surface area contributed by atoms with Crippen LogP contribution in [0.2, 0.25) is 5.02 Å². The van der Waals surface area contributed by atoms with E-state index in [0.29, 0.717) is 17.3 Å². The summed E-state index contributed by atoms with van der Waals surface area (Å²) in [6.07, 6.45) is 1.93. The van der Waals surface area contributed by atoms with Crippen molar-refractivity contribution in [2.24, 2.45) is 0 Å². The number of nitrogens with zero attached hydrogens (tertiary/aromatic N) is 2. The number of ether oxygens (including phenoxy) is 1. The van der Waals surface area contributed by atoms with Crippen molar-refractivity contribution in [1.82, 2.24) is 10.2 Å². The summed E-state index contributed by atoms with van der Waals surface area (Å²) in [6.45, 7) is 6.07. The second-order valence-corrected chi connectivity index (χ2v) is 13.5. The number of para-hydroxylation sites is 2. The van der Waals surface area contributed by atoms with E-state index < -0.39 is 28.5 Å². The molecule has 0 saturated heterocycles. The van der Waals surface area contributed by atoms with Crippen LogP contribution in [-0.2, 0) is 32.6 Å². The topological polar surface area (TPSA) is 96.0 Å². The zero-order valence-electron chi connectivity index (χ0n) is 27.1. The highest BCUT2D eigenvalue weighted by Crippen LogP contribution is 2.33. The highest BCUT2D eigenvalue weighted by atomic mass is 35.5. The first kappa shape index (κ1) is 35.5. The molecule has 1 atom stereocenters. The highest BCUT2D eigenvalue weighted by molar-refractivity contribution is 7.92. The molecule has 248 valence electrons. The Hall–Kier alpha value is -4.34. The largest absolute Gasteiger partial charge is 0.492 e. The molecule has 4 rings (SSSR count). The molecule has 0 spiro atoms. The first-order chi connectivity index (χ1) is 22.6. The number of hydrogen-bond donors (Lipinski definition) is 1. The molecule has 10 heteroatoms. The minimum Gasteiger partial charge on any atom is -0.492 e. The van der Waals surface area contributed by atoms with Gasteiger partial charge < -0.3 is 15.0 Å². The van der Waals surface area contributed by atoms with Crippen LogP contribution in [0, 0.1) is 6.92 Å². The van der Waals surface area contributed by atoms with Gasteiger partial charge in [-0.05, 0) is 73.4 Å². The van der Waals surface area contributed by atoms with Crippen molar-refractivity contribution in [3.63, 3.8) is 0 Å². The number of unbranched alkanes of at least 4 members (excludes halogenated alkanes) is 1. The fraction of sp³-hybridized carbons (Fsp3) is 0.297. The highest BCUT2D eigenvalue weighted by Gasteiger charge is 2.35. The Morgan fingerprint density at radius 2 is 1.53 bits per heavy atom. The lowest BCUT2D eigenvalue weighted by Gasteiger charge is -2.34. The summed E-state index contributed by atoms with van der Waals surface area (Å²) in [6, 6.07) is 28.7. The van der Waals surface area contributed by atoms with Gasteiger partial charge in [-0.1, -0.05) is 91.7 Å². The van der Waals surface area contributed by atoms with Gasteiger partial charge in [0.1, 0.15) is 18.3 Å². The predicted molar refractivity (Wildman–Crippen MR) is 187 cm³/mol. The molecule has 0 aliphatic carbocycles. The molecule has 47 heavy (non-hydrogen) atoms. The first-order valence-corrected chi connectivity index (χ1v) is 17.6. The van der Waals surface area contributed by atoms with Crippen LogP contribution < -0.4 is 14.4 Å². The van der Waals surface area contributed by atoms with E-state index >= 15 is 0 Å². The van der Waals surface area contributed by atoms with Crippen LogP contribution >= 0.6 is 11.6 Å². The number of halogens is 1. The lowest BCUT2D eigenvalue weighted by molar-refractivity contribution is -0.140. The Balaban J connectivity index is 1.83. The Morgan fingerprint density at radius 1 is 0.872 bits per heavy atom. The van der Waals surface area contributed by atoms with Crippen molar-refractivity contribution in [3.8, 4) is 5.75 Å². The first-order valence-electron chi connectivity index (χ1n) is 15.8. The standard InChI is InChI=1S/C37H42ClN3O5S/c1-4-6-24-39-37(43)34(25-29-15-8-7-9-16-29)40(26-30-17-11-10-14-28(30)3)36(42)27-41(33-18-12-13-19-35(33)46-5-2)47(44,45)32-22-20-31(38)21-23-32/h7-23,34H,4-6,24-27H2,1-3H3,(H,39,43)/t34-/m0/s1. The molecule has 1 N–H and O–H groups in total. The van der Waals surface area contributed by atoms with Gasteiger partial charge in [-0.25, -0.2) is 8.42 Å². The van der Waals surface area contributed by atoms with Gasteiger partial charge in [0.25, 0.3) is 10.0 Å². The zero-order valence-corrected chi connectivity index (χ0v) is 28.6. The normalized spacial score (nSPS) is 11.8. The van der Waals surface area contributed by atoms with Crippen LogP contribution in [0.5, 0.6) is 5.75 Å². The van der Waals surface area contributed by atoms with Gasteiger partial charge in [0.15, 0.2) is 0 Å². The summed E-state index contributed by atoms with van der Waals surface area (Å²) < 4.78 is 35.5. The third kappa shape index (κ3) is 9.36. The lowest BCUT2D eigenvalue weighted by atomic mass is 10.0. The second-order valence-electron chi connectivity index (χ2n) is 11.2. The van der Waals surface area contributed by atoms with E-state index in [2.05, 4.69) is 5.32 Å². The molecule has 0 aliphatic heterocycles. The van der Waals surface area contributed by atoms with E-state index in [9.17, 15) is 18.0 Å². The monoisotopic (exact) mass is 675 g/mol. The molecule has 0 aromatic heterocycles. The minimum absolute atomic E-state index is 0.0374.